The molecule has 0 unspecified atom stereocenters. The van der Waals surface area contributed by atoms with Gasteiger partial charge < -0.3 is 20.5 Å². The van der Waals surface area contributed by atoms with Gasteiger partial charge in [-0.05, 0) is 45.4 Å². The molecule has 134 valence electrons. The molecule has 0 aliphatic heterocycles. The molecule has 3 N–H and O–H groups in total. The zero-order valence-corrected chi connectivity index (χ0v) is 14.6. The van der Waals surface area contributed by atoms with Gasteiger partial charge in [0.25, 0.3) is 5.91 Å². The normalized spacial score (nSPS) is 11.7. The van der Waals surface area contributed by atoms with E-state index >= 15 is 0 Å². The minimum absolute atomic E-state index is 0.135. The summed E-state index contributed by atoms with van der Waals surface area (Å²) in [6.07, 6.45) is 0.571. The number of amides is 3. The molecular weight excluding hydrogens is 327 g/mol. The van der Waals surface area contributed by atoms with Crippen molar-refractivity contribution in [1.29, 1.82) is 0 Å². The fraction of sp³-hybridized carbons (Fsp3) is 0.353. The van der Waals surface area contributed by atoms with Gasteiger partial charge in [0, 0.05) is 24.3 Å². The predicted molar refractivity (Wildman–Crippen MR) is 91.1 cm³/mol. The van der Waals surface area contributed by atoms with Gasteiger partial charge in [-0.25, -0.2) is 9.18 Å². The molecule has 2 rings (SSSR count). The average molecular weight is 348 g/mol. The molecule has 0 spiro atoms. The van der Waals surface area contributed by atoms with Crippen molar-refractivity contribution in [3.63, 3.8) is 0 Å². The van der Waals surface area contributed by atoms with Gasteiger partial charge in [0.1, 0.15) is 11.6 Å². The summed E-state index contributed by atoms with van der Waals surface area (Å²) >= 11 is 0. The van der Waals surface area contributed by atoms with Crippen molar-refractivity contribution in [2.24, 2.45) is 0 Å². The minimum atomic E-state index is -0.655. The van der Waals surface area contributed by atoms with E-state index in [4.69, 9.17) is 4.52 Å². The zero-order valence-electron chi connectivity index (χ0n) is 14.6. The van der Waals surface area contributed by atoms with E-state index in [1.54, 1.807) is 0 Å². The van der Waals surface area contributed by atoms with E-state index in [2.05, 4.69) is 21.1 Å². The Balaban J connectivity index is 1.99. The van der Waals surface area contributed by atoms with E-state index in [1.165, 1.54) is 19.2 Å². The number of halogens is 1. The molecule has 25 heavy (non-hydrogen) atoms. The van der Waals surface area contributed by atoms with Crippen LogP contribution in [0.4, 0.5) is 14.9 Å². The Labute approximate surface area is 145 Å². The number of hydrogen-bond acceptors (Lipinski definition) is 4. The lowest BCUT2D eigenvalue weighted by atomic mass is 10.1. The SMILES string of the molecule is CNC(=O)c1cc(NC(=O)N[C@@H](C)Cc2c(C)noc2C)ccc1F. The molecule has 0 radical (unpaired) electrons. The molecule has 7 nitrogen and oxygen atoms in total. The Morgan fingerprint density at radius 3 is 2.64 bits per heavy atom. The highest BCUT2D eigenvalue weighted by Gasteiger charge is 2.16. The van der Waals surface area contributed by atoms with E-state index in [1.807, 2.05) is 20.8 Å². The predicted octanol–water partition coefficient (Wildman–Crippen LogP) is 2.54. The van der Waals surface area contributed by atoms with Crippen LogP contribution in [0.1, 0.15) is 34.3 Å². The number of nitrogens with one attached hydrogen (secondary N) is 3. The number of aromatic nitrogens is 1. The summed E-state index contributed by atoms with van der Waals surface area (Å²) in [5, 5.41) is 11.6. The summed E-state index contributed by atoms with van der Waals surface area (Å²) in [6.45, 7) is 5.52. The Kier molecular flexibility index (Phi) is 5.74. The highest BCUT2D eigenvalue weighted by Crippen LogP contribution is 2.16. The van der Waals surface area contributed by atoms with Gasteiger partial charge in [0.15, 0.2) is 0 Å². The summed E-state index contributed by atoms with van der Waals surface area (Å²) in [7, 11) is 1.41. The second-order valence-corrected chi connectivity index (χ2v) is 5.78. The number of rotatable bonds is 5. The van der Waals surface area contributed by atoms with Crippen LogP contribution in [0.5, 0.6) is 0 Å². The van der Waals surface area contributed by atoms with Crippen molar-refractivity contribution < 1.29 is 18.5 Å². The van der Waals surface area contributed by atoms with Crippen LogP contribution in [0, 0.1) is 19.7 Å². The minimum Gasteiger partial charge on any atom is -0.361 e. The van der Waals surface area contributed by atoms with Crippen molar-refractivity contribution in [1.82, 2.24) is 15.8 Å². The number of hydrogen-bond donors (Lipinski definition) is 3. The van der Waals surface area contributed by atoms with Crippen molar-refractivity contribution in [2.45, 2.75) is 33.2 Å². The summed E-state index contributed by atoms with van der Waals surface area (Å²) in [4.78, 5) is 23.7. The van der Waals surface area contributed by atoms with E-state index in [-0.39, 0.29) is 11.6 Å². The van der Waals surface area contributed by atoms with Gasteiger partial charge in [-0.3, -0.25) is 4.79 Å². The number of aryl methyl sites for hydroxylation is 2. The number of benzene rings is 1. The fourth-order valence-electron chi connectivity index (χ4n) is 2.45. The summed E-state index contributed by atoms with van der Waals surface area (Å²) < 4.78 is 18.7. The van der Waals surface area contributed by atoms with Crippen LogP contribution in [0.2, 0.25) is 0 Å². The van der Waals surface area contributed by atoms with E-state index < -0.39 is 17.8 Å². The maximum absolute atomic E-state index is 13.6. The lowest BCUT2D eigenvalue weighted by Gasteiger charge is -2.15. The van der Waals surface area contributed by atoms with Crippen LogP contribution < -0.4 is 16.0 Å². The van der Waals surface area contributed by atoms with Crippen LogP contribution in [-0.2, 0) is 6.42 Å². The first kappa shape index (κ1) is 18.4. The first-order valence-electron chi connectivity index (χ1n) is 7.82. The van der Waals surface area contributed by atoms with Crippen molar-refractivity contribution >= 4 is 17.6 Å². The smallest absolute Gasteiger partial charge is 0.319 e. The molecule has 0 saturated heterocycles. The van der Waals surface area contributed by atoms with Crippen molar-refractivity contribution in [3.05, 3.63) is 46.6 Å². The molecular formula is C17H21FN4O3. The molecule has 0 fully saturated rings. The maximum Gasteiger partial charge on any atom is 0.319 e. The molecule has 8 heteroatoms. The van der Waals surface area contributed by atoms with Crippen LogP contribution in [0.15, 0.2) is 22.7 Å². The van der Waals surface area contributed by atoms with Gasteiger partial charge in [0.05, 0.1) is 11.3 Å². The topological polar surface area (TPSA) is 96.3 Å². The van der Waals surface area contributed by atoms with E-state index in [9.17, 15) is 14.0 Å². The monoisotopic (exact) mass is 348 g/mol. The average Bonchev–Trinajstić information content (AvgIpc) is 2.87. The molecule has 0 aliphatic carbocycles. The van der Waals surface area contributed by atoms with Gasteiger partial charge in [0.2, 0.25) is 0 Å². The van der Waals surface area contributed by atoms with Crippen LogP contribution in [-0.4, -0.2) is 30.2 Å². The summed E-state index contributed by atoms with van der Waals surface area (Å²) in [5.74, 6) is -0.495. The number of urea groups is 1. The Bertz CT molecular complexity index is 769. The third-order valence-electron chi connectivity index (χ3n) is 3.76. The second kappa shape index (κ2) is 7.78. The Morgan fingerprint density at radius 2 is 2.04 bits per heavy atom. The van der Waals surface area contributed by atoms with Gasteiger partial charge >= 0.3 is 6.03 Å². The zero-order chi connectivity index (χ0) is 18.6. The highest BCUT2D eigenvalue weighted by atomic mass is 19.1. The van der Waals surface area contributed by atoms with Crippen LogP contribution in [0.25, 0.3) is 0 Å². The lowest BCUT2D eigenvalue weighted by molar-refractivity contribution is 0.0959. The Morgan fingerprint density at radius 1 is 1.32 bits per heavy atom. The van der Waals surface area contributed by atoms with Gasteiger partial charge in [-0.1, -0.05) is 5.16 Å². The quantitative estimate of drug-likeness (QED) is 0.774. The first-order valence-corrected chi connectivity index (χ1v) is 7.82. The highest BCUT2D eigenvalue weighted by molar-refractivity contribution is 5.97. The molecule has 2 aromatic rings. The summed E-state index contributed by atoms with van der Waals surface area (Å²) in [6, 6.07) is 3.19. The molecule has 0 bridgehead atoms. The van der Waals surface area contributed by atoms with Crippen LogP contribution in [0.3, 0.4) is 0 Å². The molecule has 1 heterocycles. The third-order valence-corrected chi connectivity index (χ3v) is 3.76. The van der Waals surface area contributed by atoms with E-state index in [0.29, 0.717) is 12.1 Å². The molecule has 3 amide bonds. The van der Waals surface area contributed by atoms with Gasteiger partial charge in [-0.2, -0.15) is 0 Å². The van der Waals surface area contributed by atoms with Crippen molar-refractivity contribution in [3.8, 4) is 0 Å². The second-order valence-electron chi connectivity index (χ2n) is 5.78. The molecule has 1 aromatic carbocycles. The summed E-state index contributed by atoms with van der Waals surface area (Å²) in [5.41, 5.74) is 1.93. The number of carbonyl (C=O) groups excluding carboxylic acids is 2. The molecule has 0 saturated carbocycles. The van der Waals surface area contributed by atoms with E-state index in [0.717, 1.165) is 23.1 Å². The lowest BCUT2D eigenvalue weighted by Crippen LogP contribution is -2.37. The third kappa shape index (κ3) is 4.56. The fourth-order valence-corrected chi connectivity index (χ4v) is 2.45. The van der Waals surface area contributed by atoms with Gasteiger partial charge in [-0.15, -0.1) is 0 Å². The number of anilines is 1. The molecule has 1 aromatic heterocycles. The standard InChI is InChI=1S/C17H21FN4O3/c1-9(7-13-10(2)22-25-11(13)3)20-17(24)21-12-5-6-15(18)14(8-12)16(23)19-4/h5-6,8-9H,7H2,1-4H3,(H,19,23)(H2,20,21,24)/t9-/m0/s1. The molecule has 0 aliphatic rings. The maximum atomic E-state index is 13.6. The van der Waals surface area contributed by atoms with Crippen molar-refractivity contribution in [2.75, 3.05) is 12.4 Å². The Hall–Kier alpha value is -2.90. The number of nitrogens with zero attached hydrogens (tertiary/aromatic N) is 1. The van der Waals surface area contributed by atoms with Crippen LogP contribution >= 0.6 is 0 Å². The number of carbonyl (C=O) groups is 2. The largest absolute Gasteiger partial charge is 0.361 e. The first-order chi connectivity index (χ1) is 11.8. The molecule has 1 atom stereocenters.